The van der Waals surface area contributed by atoms with Crippen LogP contribution in [0.3, 0.4) is 0 Å². The van der Waals surface area contributed by atoms with Gasteiger partial charge < -0.3 is 25.6 Å². The number of rotatable bonds is 5. The van der Waals surface area contributed by atoms with E-state index >= 15 is 0 Å². The summed E-state index contributed by atoms with van der Waals surface area (Å²) >= 11 is 0. The van der Waals surface area contributed by atoms with Crippen molar-refractivity contribution in [1.29, 1.82) is 0 Å². The number of aryl methyl sites for hydroxylation is 2. The van der Waals surface area contributed by atoms with Gasteiger partial charge in [0.15, 0.2) is 11.9 Å². The van der Waals surface area contributed by atoms with Crippen LogP contribution in [0.15, 0.2) is 36.7 Å². The molecule has 3 N–H and O–H groups in total. The molecule has 4 heterocycles. The monoisotopic (exact) mass is 562 g/mol. The van der Waals surface area contributed by atoms with Gasteiger partial charge in [-0.3, -0.25) is 14.3 Å². The number of piperazine rings is 1. The highest BCUT2D eigenvalue weighted by atomic mass is 19.1. The standard InChI is InChI=1S/C20H27N5O2.C9H8FN3O/c1-12-6-7-16(25-10-13(2)23-14(3)11-25)15-9-22-20(24-18(12)15)27-17-5-4-8-21-19(17)26;1-13-4-6-2-7(11-5-14)3-8(10)9(6)12-13/h6-7,9,13-14,17,23H,4-5,8,10-11H2,1-3H3,(H,21,26);2-5H,1H3,(H,11,14). The minimum Gasteiger partial charge on any atom is -0.450 e. The molecule has 11 nitrogen and oxygen atoms in total. The number of anilines is 2. The molecule has 3 unspecified atom stereocenters. The Labute approximate surface area is 237 Å². The van der Waals surface area contributed by atoms with E-state index in [1.807, 2.05) is 13.1 Å². The third-order valence-corrected chi connectivity index (χ3v) is 7.19. The van der Waals surface area contributed by atoms with Gasteiger partial charge in [0.05, 0.1) is 5.52 Å². The highest BCUT2D eigenvalue weighted by molar-refractivity contribution is 5.93. The first-order valence-corrected chi connectivity index (χ1v) is 13.8. The van der Waals surface area contributed by atoms with Crippen LogP contribution in [-0.4, -0.2) is 69.9 Å². The minimum absolute atomic E-state index is 0.0841. The number of carbonyl (C=O) groups is 2. The molecule has 12 heteroatoms. The van der Waals surface area contributed by atoms with Crippen LogP contribution in [0.1, 0.15) is 32.3 Å². The molecule has 2 aromatic heterocycles. The third kappa shape index (κ3) is 6.37. The van der Waals surface area contributed by atoms with Crippen LogP contribution in [0.25, 0.3) is 21.8 Å². The molecule has 41 heavy (non-hydrogen) atoms. The van der Waals surface area contributed by atoms with E-state index in [2.05, 4.69) is 61.9 Å². The number of piperidine rings is 1. The molecular formula is C29H35FN8O3. The first-order valence-electron chi connectivity index (χ1n) is 13.8. The zero-order valence-electron chi connectivity index (χ0n) is 23.6. The smallest absolute Gasteiger partial charge is 0.317 e. The largest absolute Gasteiger partial charge is 0.450 e. The Hall–Kier alpha value is -4.32. The van der Waals surface area contributed by atoms with Gasteiger partial charge in [0.1, 0.15) is 5.52 Å². The summed E-state index contributed by atoms with van der Waals surface area (Å²) < 4.78 is 20.7. The van der Waals surface area contributed by atoms with E-state index in [1.54, 1.807) is 19.3 Å². The zero-order valence-corrected chi connectivity index (χ0v) is 23.6. The Bertz CT molecular complexity index is 1560. The van der Waals surface area contributed by atoms with Crippen LogP contribution in [0, 0.1) is 12.7 Å². The number of aromatic nitrogens is 4. The summed E-state index contributed by atoms with van der Waals surface area (Å²) in [6.45, 7) is 9.06. The van der Waals surface area contributed by atoms with Crippen molar-refractivity contribution in [3.05, 3.63) is 48.0 Å². The number of amides is 2. The summed E-state index contributed by atoms with van der Waals surface area (Å²) in [6, 6.07) is 8.28. The predicted octanol–water partition coefficient (Wildman–Crippen LogP) is 3.06. The van der Waals surface area contributed by atoms with Crippen molar-refractivity contribution in [2.75, 3.05) is 29.9 Å². The number of ether oxygens (including phenoxy) is 1. The van der Waals surface area contributed by atoms with Gasteiger partial charge in [-0.1, -0.05) is 6.07 Å². The van der Waals surface area contributed by atoms with Gasteiger partial charge in [0.25, 0.3) is 5.91 Å². The number of hydrogen-bond donors (Lipinski definition) is 3. The average molecular weight is 563 g/mol. The van der Waals surface area contributed by atoms with E-state index in [9.17, 15) is 14.0 Å². The predicted molar refractivity (Wildman–Crippen MR) is 156 cm³/mol. The number of nitrogens with one attached hydrogen (secondary N) is 3. The Kier molecular flexibility index (Phi) is 8.29. The number of benzene rings is 2. The van der Waals surface area contributed by atoms with Crippen molar-refractivity contribution in [2.45, 2.75) is 51.8 Å². The summed E-state index contributed by atoms with van der Waals surface area (Å²) in [5, 5.41) is 14.4. The maximum Gasteiger partial charge on any atom is 0.317 e. The second-order valence-corrected chi connectivity index (χ2v) is 10.7. The summed E-state index contributed by atoms with van der Waals surface area (Å²) in [6.07, 6.45) is 5.13. The van der Waals surface area contributed by atoms with Crippen LogP contribution in [0.4, 0.5) is 15.8 Å². The fourth-order valence-electron chi connectivity index (χ4n) is 5.43. The molecule has 2 amide bonds. The molecule has 4 aromatic rings. The molecule has 0 bridgehead atoms. The van der Waals surface area contributed by atoms with E-state index in [-0.39, 0.29) is 11.9 Å². The van der Waals surface area contributed by atoms with Gasteiger partial charge >= 0.3 is 6.01 Å². The quantitative estimate of drug-likeness (QED) is 0.317. The van der Waals surface area contributed by atoms with E-state index in [0.29, 0.717) is 48.0 Å². The number of carbonyl (C=O) groups excluding carboxylic acids is 2. The molecule has 2 aromatic carbocycles. The summed E-state index contributed by atoms with van der Waals surface area (Å²) in [4.78, 5) is 33.6. The van der Waals surface area contributed by atoms with Crippen molar-refractivity contribution < 1.29 is 18.7 Å². The van der Waals surface area contributed by atoms with Crippen molar-refractivity contribution in [3.63, 3.8) is 0 Å². The molecule has 0 radical (unpaired) electrons. The molecule has 2 saturated heterocycles. The summed E-state index contributed by atoms with van der Waals surface area (Å²) in [5.41, 5.74) is 3.84. The van der Waals surface area contributed by atoms with Crippen molar-refractivity contribution in [1.82, 2.24) is 30.4 Å². The van der Waals surface area contributed by atoms with Gasteiger partial charge in [-0.25, -0.2) is 9.37 Å². The highest BCUT2D eigenvalue weighted by Crippen LogP contribution is 2.30. The van der Waals surface area contributed by atoms with Gasteiger partial charge in [-0.15, -0.1) is 0 Å². The number of nitrogens with zero attached hydrogens (tertiary/aromatic N) is 5. The lowest BCUT2D eigenvalue weighted by molar-refractivity contribution is -0.130. The molecule has 216 valence electrons. The van der Waals surface area contributed by atoms with Crippen molar-refractivity contribution in [2.24, 2.45) is 7.05 Å². The van der Waals surface area contributed by atoms with Crippen LogP contribution in [0.2, 0.25) is 0 Å². The number of fused-ring (bicyclic) bond motifs is 2. The normalized spacial score (nSPS) is 20.8. The summed E-state index contributed by atoms with van der Waals surface area (Å²) in [5.74, 6) is -0.522. The van der Waals surface area contributed by atoms with Crippen LogP contribution in [-0.2, 0) is 16.6 Å². The van der Waals surface area contributed by atoms with E-state index < -0.39 is 11.9 Å². The van der Waals surface area contributed by atoms with Gasteiger partial charge in [-0.05, 0) is 57.4 Å². The van der Waals surface area contributed by atoms with Crippen LogP contribution >= 0.6 is 0 Å². The molecule has 2 aliphatic rings. The lowest BCUT2D eigenvalue weighted by Gasteiger charge is -2.38. The Morgan fingerprint density at radius 2 is 1.95 bits per heavy atom. The highest BCUT2D eigenvalue weighted by Gasteiger charge is 2.26. The minimum atomic E-state index is -0.505. The van der Waals surface area contributed by atoms with Gasteiger partial charge in [0.2, 0.25) is 6.41 Å². The first kappa shape index (κ1) is 28.2. The average Bonchev–Trinajstić information content (AvgIpc) is 3.31. The maximum atomic E-state index is 13.4. The van der Waals surface area contributed by atoms with Crippen LogP contribution in [0.5, 0.6) is 6.01 Å². The molecule has 0 spiro atoms. The second kappa shape index (κ2) is 12.0. The van der Waals surface area contributed by atoms with Gasteiger partial charge in [-0.2, -0.15) is 10.1 Å². The van der Waals surface area contributed by atoms with E-state index in [4.69, 9.17) is 4.74 Å². The molecule has 2 aliphatic heterocycles. The molecule has 3 atom stereocenters. The van der Waals surface area contributed by atoms with Gasteiger partial charge in [0, 0.05) is 73.3 Å². The first-order chi connectivity index (χ1) is 19.7. The molecule has 2 fully saturated rings. The maximum absolute atomic E-state index is 13.4. The zero-order chi connectivity index (χ0) is 29.1. The fourth-order valence-corrected chi connectivity index (χ4v) is 5.43. The summed E-state index contributed by atoms with van der Waals surface area (Å²) in [7, 11) is 1.71. The molecule has 0 saturated carbocycles. The van der Waals surface area contributed by atoms with Crippen LogP contribution < -0.4 is 25.6 Å². The number of hydrogen-bond acceptors (Lipinski definition) is 8. The van der Waals surface area contributed by atoms with Crippen molar-refractivity contribution >= 4 is 45.5 Å². The SMILES string of the molecule is Cc1ccc(N2CC(C)NC(C)C2)c2cnc(OC3CCCNC3=O)nc12.Cn1cc2cc(NC=O)cc(F)c2n1. The lowest BCUT2D eigenvalue weighted by atomic mass is 10.1. The second-order valence-electron chi connectivity index (χ2n) is 10.7. The Balaban J connectivity index is 0.000000202. The van der Waals surface area contributed by atoms with E-state index in [0.717, 1.165) is 41.7 Å². The third-order valence-electron chi connectivity index (χ3n) is 7.19. The topological polar surface area (TPSA) is 126 Å². The van der Waals surface area contributed by atoms with E-state index in [1.165, 1.54) is 10.7 Å². The molecule has 0 aliphatic carbocycles. The lowest BCUT2D eigenvalue weighted by Crippen LogP contribution is -2.54. The molecule has 6 rings (SSSR count). The fraction of sp³-hybridized carbons (Fsp3) is 0.414. The van der Waals surface area contributed by atoms with Crippen molar-refractivity contribution in [3.8, 4) is 6.01 Å². The Morgan fingerprint density at radius 3 is 2.68 bits per heavy atom. The number of halogens is 1. The Morgan fingerprint density at radius 1 is 1.17 bits per heavy atom. The molecular weight excluding hydrogens is 527 g/mol.